The quantitative estimate of drug-likeness (QED) is 0.534. The van der Waals surface area contributed by atoms with Crippen LogP contribution in [0.15, 0.2) is 30.3 Å². The molecule has 21 heavy (non-hydrogen) atoms. The van der Waals surface area contributed by atoms with Gasteiger partial charge in [0, 0.05) is 13.1 Å². The van der Waals surface area contributed by atoms with Crippen LogP contribution in [0.3, 0.4) is 0 Å². The standard InChI is InChI=1S/C16H24N2O3/c1-3-21-16(20)9-10-17-12-15(19)18-11-13(2)14-7-5-4-6-8-14/h4-8,13,17H,3,9-12H2,1-2H3,(H,18,19). The highest BCUT2D eigenvalue weighted by atomic mass is 16.5. The van der Waals surface area contributed by atoms with Crippen molar-refractivity contribution in [2.75, 3.05) is 26.2 Å². The number of benzene rings is 1. The van der Waals surface area contributed by atoms with Crippen LogP contribution in [0.1, 0.15) is 31.7 Å². The second kappa shape index (κ2) is 9.94. The molecule has 0 aliphatic carbocycles. The summed E-state index contributed by atoms with van der Waals surface area (Å²) < 4.78 is 4.80. The fourth-order valence-electron chi connectivity index (χ4n) is 1.85. The van der Waals surface area contributed by atoms with Crippen molar-refractivity contribution in [2.24, 2.45) is 0 Å². The smallest absolute Gasteiger partial charge is 0.307 e. The molecular weight excluding hydrogens is 268 g/mol. The molecule has 1 aromatic carbocycles. The summed E-state index contributed by atoms with van der Waals surface area (Å²) in [6.45, 7) is 5.48. The second-order valence-electron chi connectivity index (χ2n) is 4.85. The lowest BCUT2D eigenvalue weighted by atomic mass is 10.0. The first-order valence-corrected chi connectivity index (χ1v) is 7.31. The van der Waals surface area contributed by atoms with E-state index in [0.29, 0.717) is 19.7 Å². The van der Waals surface area contributed by atoms with E-state index < -0.39 is 0 Å². The van der Waals surface area contributed by atoms with Gasteiger partial charge in [0.15, 0.2) is 0 Å². The van der Waals surface area contributed by atoms with Crippen LogP contribution < -0.4 is 10.6 Å². The zero-order valence-electron chi connectivity index (χ0n) is 12.7. The molecule has 1 amide bonds. The molecule has 0 saturated carbocycles. The van der Waals surface area contributed by atoms with Gasteiger partial charge in [0.1, 0.15) is 0 Å². The summed E-state index contributed by atoms with van der Waals surface area (Å²) in [5.74, 6) is -0.0422. The monoisotopic (exact) mass is 292 g/mol. The van der Waals surface area contributed by atoms with Gasteiger partial charge in [-0.1, -0.05) is 37.3 Å². The number of amides is 1. The summed E-state index contributed by atoms with van der Waals surface area (Å²) >= 11 is 0. The summed E-state index contributed by atoms with van der Waals surface area (Å²) in [6, 6.07) is 10.1. The molecule has 0 aromatic heterocycles. The zero-order valence-corrected chi connectivity index (χ0v) is 12.7. The maximum atomic E-state index is 11.7. The molecule has 1 atom stereocenters. The average Bonchev–Trinajstić information content (AvgIpc) is 2.50. The van der Waals surface area contributed by atoms with E-state index in [2.05, 4.69) is 29.7 Å². The molecule has 0 radical (unpaired) electrons. The topological polar surface area (TPSA) is 67.4 Å². The molecule has 0 saturated heterocycles. The summed E-state index contributed by atoms with van der Waals surface area (Å²) in [7, 11) is 0. The van der Waals surface area contributed by atoms with Gasteiger partial charge >= 0.3 is 5.97 Å². The largest absolute Gasteiger partial charge is 0.466 e. The average molecular weight is 292 g/mol. The Morgan fingerprint density at radius 1 is 1.24 bits per heavy atom. The Hall–Kier alpha value is -1.88. The molecule has 0 heterocycles. The molecule has 1 rings (SSSR count). The van der Waals surface area contributed by atoms with Gasteiger partial charge in [-0.25, -0.2) is 0 Å². The van der Waals surface area contributed by atoms with Gasteiger partial charge in [-0.15, -0.1) is 0 Å². The molecule has 0 aliphatic rings. The predicted octanol–water partition coefficient (Wildman–Crippen LogP) is 1.45. The van der Waals surface area contributed by atoms with Crippen LogP contribution in [-0.2, 0) is 14.3 Å². The van der Waals surface area contributed by atoms with Crippen LogP contribution in [-0.4, -0.2) is 38.1 Å². The first kappa shape index (κ1) is 17.2. The molecule has 0 spiro atoms. The number of rotatable bonds is 9. The van der Waals surface area contributed by atoms with Crippen molar-refractivity contribution >= 4 is 11.9 Å². The lowest BCUT2D eigenvalue weighted by Gasteiger charge is -2.13. The fourth-order valence-corrected chi connectivity index (χ4v) is 1.85. The van der Waals surface area contributed by atoms with E-state index >= 15 is 0 Å². The fraction of sp³-hybridized carbons (Fsp3) is 0.500. The number of ether oxygens (including phenoxy) is 1. The third-order valence-electron chi connectivity index (χ3n) is 3.07. The number of hydrogen-bond donors (Lipinski definition) is 2. The summed E-state index contributed by atoms with van der Waals surface area (Å²) in [6.07, 6.45) is 0.279. The normalized spacial score (nSPS) is 11.7. The van der Waals surface area contributed by atoms with Crippen LogP contribution in [0.4, 0.5) is 0 Å². The van der Waals surface area contributed by atoms with E-state index in [1.54, 1.807) is 6.92 Å². The van der Waals surface area contributed by atoms with Crippen LogP contribution in [0.25, 0.3) is 0 Å². The number of hydrogen-bond acceptors (Lipinski definition) is 4. The highest BCUT2D eigenvalue weighted by Crippen LogP contribution is 2.12. The van der Waals surface area contributed by atoms with Gasteiger partial charge in [-0.05, 0) is 18.4 Å². The van der Waals surface area contributed by atoms with Crippen LogP contribution in [0.2, 0.25) is 0 Å². The van der Waals surface area contributed by atoms with E-state index in [9.17, 15) is 9.59 Å². The van der Waals surface area contributed by atoms with Crippen molar-refractivity contribution in [3.05, 3.63) is 35.9 Å². The molecular formula is C16H24N2O3. The minimum Gasteiger partial charge on any atom is -0.466 e. The molecule has 116 valence electrons. The number of carbonyl (C=O) groups is 2. The Morgan fingerprint density at radius 3 is 2.62 bits per heavy atom. The number of carbonyl (C=O) groups excluding carboxylic acids is 2. The summed E-state index contributed by atoms with van der Waals surface area (Å²) in [5, 5.41) is 5.80. The Bertz CT molecular complexity index is 434. The van der Waals surface area contributed by atoms with Gasteiger partial charge in [-0.2, -0.15) is 0 Å². The van der Waals surface area contributed by atoms with E-state index in [4.69, 9.17) is 4.74 Å². The Morgan fingerprint density at radius 2 is 1.95 bits per heavy atom. The Labute approximate surface area is 126 Å². The Balaban J connectivity index is 2.13. The van der Waals surface area contributed by atoms with Crippen LogP contribution >= 0.6 is 0 Å². The minimum atomic E-state index is -0.247. The number of esters is 1. The highest BCUT2D eigenvalue weighted by molar-refractivity contribution is 5.78. The van der Waals surface area contributed by atoms with Gasteiger partial charge < -0.3 is 15.4 Å². The maximum absolute atomic E-state index is 11.7. The zero-order chi connectivity index (χ0) is 15.5. The van der Waals surface area contributed by atoms with Crippen molar-refractivity contribution in [3.8, 4) is 0 Å². The first-order valence-electron chi connectivity index (χ1n) is 7.31. The van der Waals surface area contributed by atoms with Gasteiger partial charge in [0.25, 0.3) is 0 Å². The molecule has 0 bridgehead atoms. The molecule has 1 unspecified atom stereocenters. The second-order valence-corrected chi connectivity index (χ2v) is 4.85. The third kappa shape index (κ3) is 7.46. The van der Waals surface area contributed by atoms with E-state index in [1.165, 1.54) is 5.56 Å². The highest BCUT2D eigenvalue weighted by Gasteiger charge is 2.07. The molecule has 5 heteroatoms. The predicted molar refractivity (Wildman–Crippen MR) is 82.0 cm³/mol. The maximum Gasteiger partial charge on any atom is 0.307 e. The summed E-state index contributed by atoms with van der Waals surface area (Å²) in [5.41, 5.74) is 1.20. The van der Waals surface area contributed by atoms with Crippen molar-refractivity contribution in [3.63, 3.8) is 0 Å². The molecule has 0 aliphatic heterocycles. The van der Waals surface area contributed by atoms with Crippen molar-refractivity contribution < 1.29 is 14.3 Å². The lowest BCUT2D eigenvalue weighted by Crippen LogP contribution is -2.36. The molecule has 2 N–H and O–H groups in total. The molecule has 5 nitrogen and oxygen atoms in total. The number of nitrogens with one attached hydrogen (secondary N) is 2. The molecule has 0 fully saturated rings. The SMILES string of the molecule is CCOC(=O)CCNCC(=O)NCC(C)c1ccccc1. The first-order chi connectivity index (χ1) is 10.1. The van der Waals surface area contributed by atoms with Crippen molar-refractivity contribution in [2.45, 2.75) is 26.2 Å². The Kier molecular flexibility index (Phi) is 8.12. The van der Waals surface area contributed by atoms with Gasteiger partial charge in [-0.3, -0.25) is 9.59 Å². The summed E-state index contributed by atoms with van der Waals surface area (Å²) in [4.78, 5) is 22.8. The minimum absolute atomic E-state index is 0.0679. The van der Waals surface area contributed by atoms with E-state index in [1.807, 2.05) is 18.2 Å². The van der Waals surface area contributed by atoms with Crippen molar-refractivity contribution in [1.82, 2.24) is 10.6 Å². The van der Waals surface area contributed by atoms with Gasteiger partial charge in [0.2, 0.25) is 5.91 Å². The van der Waals surface area contributed by atoms with E-state index in [0.717, 1.165) is 0 Å². The van der Waals surface area contributed by atoms with Crippen LogP contribution in [0.5, 0.6) is 0 Å². The van der Waals surface area contributed by atoms with E-state index in [-0.39, 0.29) is 30.8 Å². The lowest BCUT2D eigenvalue weighted by molar-refractivity contribution is -0.143. The van der Waals surface area contributed by atoms with Gasteiger partial charge in [0.05, 0.1) is 19.6 Å². The van der Waals surface area contributed by atoms with Crippen LogP contribution in [0, 0.1) is 0 Å². The molecule has 1 aromatic rings. The van der Waals surface area contributed by atoms with Crippen molar-refractivity contribution in [1.29, 1.82) is 0 Å². The third-order valence-corrected chi connectivity index (χ3v) is 3.07.